The number of hydrogen-bond donors (Lipinski definition) is 2. The first-order valence-electron chi connectivity index (χ1n) is 5.05. The normalized spacial score (nSPS) is 10.9. The summed E-state index contributed by atoms with van der Waals surface area (Å²) in [5.41, 5.74) is 0.801. The molecule has 0 saturated carbocycles. The van der Waals surface area contributed by atoms with Gasteiger partial charge in [-0.05, 0) is 28.1 Å². The number of aromatic nitrogens is 5. The van der Waals surface area contributed by atoms with Gasteiger partial charge in [-0.2, -0.15) is 4.98 Å². The number of nitrogens with one attached hydrogen (secondary N) is 2. The van der Waals surface area contributed by atoms with Crippen LogP contribution in [0.2, 0.25) is 0 Å². The quantitative estimate of drug-likeness (QED) is 0.773. The lowest BCUT2D eigenvalue weighted by Gasteiger charge is -1.96. The molecular weight excluding hydrogens is 284 g/mol. The molecule has 3 aromatic rings. The largest absolute Gasteiger partial charge is 0.347 e. The van der Waals surface area contributed by atoms with Crippen molar-refractivity contribution < 1.29 is 0 Å². The van der Waals surface area contributed by atoms with E-state index in [1.807, 2.05) is 18.3 Å². The minimum absolute atomic E-state index is 0.574. The van der Waals surface area contributed by atoms with Crippen molar-refractivity contribution in [3.63, 3.8) is 0 Å². The Morgan fingerprint density at radius 2 is 2.35 bits per heavy atom. The molecule has 3 rings (SSSR count). The highest BCUT2D eigenvalue weighted by Gasteiger charge is 2.03. The maximum absolute atomic E-state index is 4.33. The summed E-state index contributed by atoms with van der Waals surface area (Å²) in [6.07, 6.45) is 5.36. The molecule has 2 N–H and O–H groups in total. The molecule has 0 aliphatic carbocycles. The maximum Gasteiger partial charge on any atom is 0.243 e. The summed E-state index contributed by atoms with van der Waals surface area (Å²) >= 11 is 3.39. The predicted molar refractivity (Wildman–Crippen MR) is 66.6 cm³/mol. The maximum atomic E-state index is 4.33. The van der Waals surface area contributed by atoms with E-state index in [4.69, 9.17) is 0 Å². The molecule has 7 heteroatoms. The van der Waals surface area contributed by atoms with Gasteiger partial charge in [-0.25, -0.2) is 9.50 Å². The van der Waals surface area contributed by atoms with Crippen molar-refractivity contribution in [2.75, 3.05) is 5.32 Å². The minimum Gasteiger partial charge on any atom is -0.347 e. The Balaban J connectivity index is 1.81. The first-order chi connectivity index (χ1) is 8.31. The number of pyridine rings is 1. The molecule has 3 heterocycles. The van der Waals surface area contributed by atoms with Gasteiger partial charge in [-0.15, -0.1) is 5.10 Å². The van der Waals surface area contributed by atoms with E-state index in [0.29, 0.717) is 12.5 Å². The highest BCUT2D eigenvalue weighted by Crippen LogP contribution is 2.12. The van der Waals surface area contributed by atoms with E-state index in [9.17, 15) is 0 Å². The molecular formula is C10H9BrN6. The molecule has 86 valence electrons. The Bertz CT molecular complexity index is 629. The van der Waals surface area contributed by atoms with Crippen LogP contribution in [0.4, 0.5) is 5.95 Å². The molecule has 0 saturated heterocycles. The summed E-state index contributed by atoms with van der Waals surface area (Å²) in [6, 6.07) is 3.83. The fourth-order valence-corrected chi connectivity index (χ4v) is 1.82. The number of fused-ring (bicyclic) bond motifs is 1. The Morgan fingerprint density at radius 1 is 1.41 bits per heavy atom. The summed E-state index contributed by atoms with van der Waals surface area (Å²) in [4.78, 5) is 11.4. The number of nitrogens with zero attached hydrogens (tertiary/aromatic N) is 4. The second-order valence-electron chi connectivity index (χ2n) is 3.47. The fraction of sp³-hybridized carbons (Fsp3) is 0.100. The van der Waals surface area contributed by atoms with E-state index >= 15 is 0 Å². The highest BCUT2D eigenvalue weighted by molar-refractivity contribution is 9.10. The highest BCUT2D eigenvalue weighted by atomic mass is 79.9. The molecule has 0 unspecified atom stereocenters. The van der Waals surface area contributed by atoms with Gasteiger partial charge in [0.1, 0.15) is 5.82 Å². The molecule has 0 amide bonds. The topological polar surface area (TPSA) is 70.9 Å². The Morgan fingerprint density at radius 3 is 3.18 bits per heavy atom. The lowest BCUT2D eigenvalue weighted by molar-refractivity contribution is 0.928. The predicted octanol–water partition coefficient (Wildman–Crippen LogP) is 1.83. The van der Waals surface area contributed by atoms with Crippen LogP contribution < -0.4 is 5.32 Å². The molecule has 0 bridgehead atoms. The monoisotopic (exact) mass is 292 g/mol. The van der Waals surface area contributed by atoms with Crippen molar-refractivity contribution in [1.82, 2.24) is 24.6 Å². The zero-order valence-electron chi connectivity index (χ0n) is 8.76. The summed E-state index contributed by atoms with van der Waals surface area (Å²) in [6.45, 7) is 0.574. The van der Waals surface area contributed by atoms with E-state index < -0.39 is 0 Å². The van der Waals surface area contributed by atoms with Crippen LogP contribution in [0.5, 0.6) is 0 Å². The van der Waals surface area contributed by atoms with E-state index in [0.717, 1.165) is 15.9 Å². The molecule has 0 aliphatic rings. The van der Waals surface area contributed by atoms with E-state index in [1.165, 1.54) is 0 Å². The molecule has 0 radical (unpaired) electrons. The number of H-pyrrole nitrogens is 1. The van der Waals surface area contributed by atoms with Gasteiger partial charge < -0.3 is 10.3 Å². The van der Waals surface area contributed by atoms with Crippen molar-refractivity contribution >= 4 is 27.5 Å². The SMILES string of the molecule is Brc1ccc2nc(NCc3ncc[nH]3)nn2c1. The van der Waals surface area contributed by atoms with Crippen LogP contribution in [0.15, 0.2) is 35.2 Å². The number of imidazole rings is 1. The van der Waals surface area contributed by atoms with Crippen LogP contribution >= 0.6 is 15.9 Å². The van der Waals surface area contributed by atoms with Crippen molar-refractivity contribution in [1.29, 1.82) is 0 Å². The van der Waals surface area contributed by atoms with Crippen LogP contribution in [0.3, 0.4) is 0 Å². The van der Waals surface area contributed by atoms with Gasteiger partial charge in [-0.3, -0.25) is 0 Å². The number of anilines is 1. The van der Waals surface area contributed by atoms with Crippen molar-refractivity contribution in [3.05, 3.63) is 41.0 Å². The summed E-state index contributed by atoms with van der Waals surface area (Å²) in [7, 11) is 0. The third kappa shape index (κ3) is 2.14. The van der Waals surface area contributed by atoms with Gasteiger partial charge in [0.2, 0.25) is 5.95 Å². The summed E-state index contributed by atoms with van der Waals surface area (Å²) < 4.78 is 2.68. The zero-order valence-corrected chi connectivity index (χ0v) is 10.3. The number of rotatable bonds is 3. The van der Waals surface area contributed by atoms with E-state index in [-0.39, 0.29) is 0 Å². The molecule has 0 spiro atoms. The first-order valence-corrected chi connectivity index (χ1v) is 5.84. The molecule has 6 nitrogen and oxygen atoms in total. The van der Waals surface area contributed by atoms with Crippen LogP contribution in [0.1, 0.15) is 5.82 Å². The van der Waals surface area contributed by atoms with Crippen molar-refractivity contribution in [2.24, 2.45) is 0 Å². The second-order valence-corrected chi connectivity index (χ2v) is 4.39. The first kappa shape index (κ1) is 10.3. The standard InChI is InChI=1S/C10H9BrN6/c11-7-1-2-9-15-10(16-17(9)6-7)14-5-8-12-3-4-13-8/h1-4,6H,5H2,(H,12,13)(H,14,16). The van der Waals surface area contributed by atoms with Crippen LogP contribution in [-0.4, -0.2) is 24.6 Å². The molecule has 0 atom stereocenters. The lowest BCUT2D eigenvalue weighted by Crippen LogP contribution is -2.02. The average Bonchev–Trinajstić information content (AvgIpc) is 2.94. The lowest BCUT2D eigenvalue weighted by atomic mass is 10.5. The van der Waals surface area contributed by atoms with Gasteiger partial charge in [0.15, 0.2) is 5.65 Å². The molecule has 0 aliphatic heterocycles. The van der Waals surface area contributed by atoms with Crippen LogP contribution in [0, 0.1) is 0 Å². The van der Waals surface area contributed by atoms with Crippen LogP contribution in [-0.2, 0) is 6.54 Å². The average molecular weight is 293 g/mol. The molecule has 0 fully saturated rings. The molecule has 3 aromatic heterocycles. The number of hydrogen-bond acceptors (Lipinski definition) is 4. The summed E-state index contributed by atoms with van der Waals surface area (Å²) in [5.74, 6) is 1.43. The Labute approximate surface area is 105 Å². The third-order valence-electron chi connectivity index (χ3n) is 2.26. The van der Waals surface area contributed by atoms with Gasteiger partial charge in [0.25, 0.3) is 0 Å². The fourth-order valence-electron chi connectivity index (χ4n) is 1.49. The minimum atomic E-state index is 0.574. The van der Waals surface area contributed by atoms with Gasteiger partial charge in [0, 0.05) is 23.1 Å². The second kappa shape index (κ2) is 4.17. The molecule has 17 heavy (non-hydrogen) atoms. The summed E-state index contributed by atoms with van der Waals surface area (Å²) in [5, 5.41) is 7.40. The van der Waals surface area contributed by atoms with E-state index in [1.54, 1.807) is 16.9 Å². The number of halogens is 1. The Hall–Kier alpha value is -1.89. The van der Waals surface area contributed by atoms with Gasteiger partial charge >= 0.3 is 0 Å². The third-order valence-corrected chi connectivity index (χ3v) is 2.73. The Kier molecular flexibility index (Phi) is 2.52. The smallest absolute Gasteiger partial charge is 0.243 e. The van der Waals surface area contributed by atoms with Crippen LogP contribution in [0.25, 0.3) is 5.65 Å². The van der Waals surface area contributed by atoms with Gasteiger partial charge in [-0.1, -0.05) is 0 Å². The zero-order chi connectivity index (χ0) is 11.7. The molecule has 0 aromatic carbocycles. The van der Waals surface area contributed by atoms with Crippen molar-refractivity contribution in [2.45, 2.75) is 6.54 Å². The van der Waals surface area contributed by atoms with Crippen molar-refractivity contribution in [3.8, 4) is 0 Å². The number of aromatic amines is 1. The van der Waals surface area contributed by atoms with E-state index in [2.05, 4.69) is 41.3 Å². The van der Waals surface area contributed by atoms with Gasteiger partial charge in [0.05, 0.1) is 6.54 Å².